The van der Waals surface area contributed by atoms with E-state index in [1.807, 2.05) is 12.1 Å². The summed E-state index contributed by atoms with van der Waals surface area (Å²) in [7, 11) is 0. The van der Waals surface area contributed by atoms with Crippen molar-refractivity contribution < 1.29 is 4.79 Å². The molecule has 0 saturated carbocycles. The van der Waals surface area contributed by atoms with Crippen molar-refractivity contribution in [2.45, 2.75) is 19.4 Å². The predicted octanol–water partition coefficient (Wildman–Crippen LogP) is 0.852. The number of carbonyl (C=O) groups is 1. The lowest BCUT2D eigenvalue weighted by molar-refractivity contribution is -0.130. The third-order valence-corrected chi connectivity index (χ3v) is 3.91. The monoisotopic (exact) mass is 306 g/mol. The summed E-state index contributed by atoms with van der Waals surface area (Å²) < 4.78 is 1.59. The molecule has 0 radical (unpaired) electrons. The third-order valence-electron chi connectivity index (χ3n) is 3.66. The van der Waals surface area contributed by atoms with E-state index < -0.39 is 0 Å². The molecule has 1 aliphatic rings. The highest BCUT2D eigenvalue weighted by atomic mass is 35.5. The van der Waals surface area contributed by atoms with Gasteiger partial charge in [-0.2, -0.15) is 5.10 Å². The smallest absolute Gasteiger partial charge is 0.340 e. The molecule has 21 heavy (non-hydrogen) atoms. The van der Waals surface area contributed by atoms with Crippen molar-refractivity contribution in [1.29, 1.82) is 0 Å². The summed E-state index contributed by atoms with van der Waals surface area (Å²) in [6, 6.07) is 7.27. The maximum absolute atomic E-state index is 12.3. The lowest BCUT2D eigenvalue weighted by Crippen LogP contribution is -2.35. The number of carbonyl (C=O) groups excluding carboxylic acids is 1. The molecule has 3 rings (SSSR count). The molecule has 7 heteroatoms. The number of aromatic amines is 1. The van der Waals surface area contributed by atoms with Crippen molar-refractivity contribution in [3.63, 3.8) is 0 Å². The van der Waals surface area contributed by atoms with Crippen LogP contribution in [0.2, 0.25) is 5.02 Å². The molecule has 0 fully saturated rings. The van der Waals surface area contributed by atoms with E-state index in [4.69, 9.17) is 11.6 Å². The van der Waals surface area contributed by atoms with Crippen LogP contribution < -0.4 is 5.69 Å². The number of hydrogen-bond acceptors (Lipinski definition) is 3. The topological polar surface area (TPSA) is 71.0 Å². The van der Waals surface area contributed by atoms with Gasteiger partial charge in [-0.15, -0.1) is 0 Å². The third kappa shape index (κ3) is 3.00. The Kier molecular flexibility index (Phi) is 3.79. The van der Waals surface area contributed by atoms with Crippen LogP contribution in [0.5, 0.6) is 0 Å². The van der Waals surface area contributed by atoms with Crippen LogP contribution in [-0.4, -0.2) is 38.7 Å². The molecule has 1 N–H and O–H groups in total. The van der Waals surface area contributed by atoms with Crippen LogP contribution in [0.4, 0.5) is 0 Å². The lowest BCUT2D eigenvalue weighted by atomic mass is 10.1. The zero-order chi connectivity index (χ0) is 14.8. The molecular weight excluding hydrogens is 292 g/mol. The van der Waals surface area contributed by atoms with Gasteiger partial charge in [-0.05, 0) is 17.7 Å². The maximum atomic E-state index is 12.3. The molecule has 6 nitrogen and oxygen atoms in total. The molecule has 1 aliphatic heterocycles. The maximum Gasteiger partial charge on any atom is 0.343 e. The van der Waals surface area contributed by atoms with Crippen LogP contribution in [0.25, 0.3) is 0 Å². The molecule has 0 aliphatic carbocycles. The Hall–Kier alpha value is -2.08. The van der Waals surface area contributed by atoms with Gasteiger partial charge in [-0.25, -0.2) is 9.89 Å². The molecule has 1 aromatic carbocycles. The zero-order valence-corrected chi connectivity index (χ0v) is 12.1. The first-order chi connectivity index (χ1) is 10.1. The normalized spacial score (nSPS) is 14.6. The molecule has 1 aromatic heterocycles. The minimum atomic E-state index is -0.211. The quantitative estimate of drug-likeness (QED) is 0.894. The summed E-state index contributed by atoms with van der Waals surface area (Å²) in [6.07, 6.45) is 0.931. The second-order valence-electron chi connectivity index (χ2n) is 5.03. The van der Waals surface area contributed by atoms with Gasteiger partial charge in [0.25, 0.3) is 0 Å². The van der Waals surface area contributed by atoms with Gasteiger partial charge in [0.2, 0.25) is 5.91 Å². The van der Waals surface area contributed by atoms with E-state index in [-0.39, 0.29) is 11.6 Å². The van der Waals surface area contributed by atoms with Gasteiger partial charge in [0.1, 0.15) is 5.82 Å². The molecule has 0 spiro atoms. The summed E-state index contributed by atoms with van der Waals surface area (Å²) in [6.45, 7) is 1.59. The van der Waals surface area contributed by atoms with Gasteiger partial charge in [-0.1, -0.05) is 23.7 Å². The van der Waals surface area contributed by atoms with Crippen LogP contribution in [0.1, 0.15) is 11.4 Å². The predicted molar refractivity (Wildman–Crippen MR) is 78.3 cm³/mol. The van der Waals surface area contributed by atoms with Crippen molar-refractivity contribution in [2.75, 3.05) is 13.1 Å². The number of H-pyrrole nitrogens is 1. The number of amides is 1. The molecule has 2 heterocycles. The number of benzene rings is 1. The highest BCUT2D eigenvalue weighted by molar-refractivity contribution is 6.30. The lowest BCUT2D eigenvalue weighted by Gasteiger charge is -2.20. The van der Waals surface area contributed by atoms with Crippen LogP contribution in [-0.2, 0) is 24.2 Å². The van der Waals surface area contributed by atoms with E-state index >= 15 is 0 Å². The van der Waals surface area contributed by atoms with Gasteiger partial charge in [-0.3, -0.25) is 9.36 Å². The van der Waals surface area contributed by atoms with E-state index in [1.165, 1.54) is 0 Å². The molecule has 0 unspecified atom stereocenters. The SMILES string of the molecule is O=C(Cc1ccc(Cl)cc1)N1CCc2n[nH]c(=O)n2CC1. The van der Waals surface area contributed by atoms with Crippen LogP contribution in [0.3, 0.4) is 0 Å². The molecule has 0 bridgehead atoms. The Morgan fingerprint density at radius 1 is 1.24 bits per heavy atom. The minimum absolute atomic E-state index is 0.0551. The second-order valence-corrected chi connectivity index (χ2v) is 5.47. The van der Waals surface area contributed by atoms with Crippen molar-refractivity contribution in [3.8, 4) is 0 Å². The Morgan fingerprint density at radius 2 is 2.00 bits per heavy atom. The Balaban J connectivity index is 1.66. The molecule has 110 valence electrons. The first kappa shape index (κ1) is 13.9. The Bertz CT molecular complexity index is 705. The van der Waals surface area contributed by atoms with Gasteiger partial charge in [0.15, 0.2) is 0 Å². The summed E-state index contributed by atoms with van der Waals surface area (Å²) in [5.74, 6) is 0.765. The number of halogens is 1. The average Bonchev–Trinajstić information content (AvgIpc) is 2.71. The van der Waals surface area contributed by atoms with E-state index in [0.717, 1.165) is 5.56 Å². The highest BCUT2D eigenvalue weighted by Crippen LogP contribution is 2.12. The first-order valence-electron chi connectivity index (χ1n) is 6.80. The van der Waals surface area contributed by atoms with E-state index in [1.54, 1.807) is 21.6 Å². The number of nitrogens with zero attached hydrogens (tertiary/aromatic N) is 3. The first-order valence-corrected chi connectivity index (χ1v) is 7.17. The molecule has 2 aromatic rings. The fourth-order valence-corrected chi connectivity index (χ4v) is 2.60. The molecular formula is C14H15ClN4O2. The standard InChI is InChI=1S/C14H15ClN4O2/c15-11-3-1-10(2-4-11)9-13(20)18-6-5-12-16-17-14(21)19(12)8-7-18/h1-4H,5-9H2,(H,17,21). The summed E-state index contributed by atoms with van der Waals surface area (Å²) in [4.78, 5) is 25.7. The van der Waals surface area contributed by atoms with E-state index in [0.29, 0.717) is 43.3 Å². The second kappa shape index (κ2) is 5.73. The molecule has 0 saturated heterocycles. The average molecular weight is 307 g/mol. The fraction of sp³-hybridized carbons (Fsp3) is 0.357. The van der Waals surface area contributed by atoms with Crippen LogP contribution in [0, 0.1) is 0 Å². The minimum Gasteiger partial charge on any atom is -0.340 e. The molecule has 0 atom stereocenters. The van der Waals surface area contributed by atoms with Gasteiger partial charge >= 0.3 is 5.69 Å². The summed E-state index contributed by atoms with van der Waals surface area (Å²) in [5.41, 5.74) is 0.723. The number of nitrogens with one attached hydrogen (secondary N) is 1. The van der Waals surface area contributed by atoms with Crippen molar-refractivity contribution in [1.82, 2.24) is 19.7 Å². The highest BCUT2D eigenvalue weighted by Gasteiger charge is 2.20. The Morgan fingerprint density at radius 3 is 2.76 bits per heavy atom. The van der Waals surface area contributed by atoms with E-state index in [2.05, 4.69) is 10.2 Å². The van der Waals surface area contributed by atoms with Crippen molar-refractivity contribution in [3.05, 3.63) is 51.2 Å². The number of hydrogen-bond donors (Lipinski definition) is 1. The summed E-state index contributed by atoms with van der Waals surface area (Å²) >= 11 is 5.83. The Labute approximate surface area is 126 Å². The fourth-order valence-electron chi connectivity index (χ4n) is 2.48. The van der Waals surface area contributed by atoms with E-state index in [9.17, 15) is 9.59 Å². The number of aromatic nitrogens is 3. The van der Waals surface area contributed by atoms with Gasteiger partial charge in [0.05, 0.1) is 6.42 Å². The summed E-state index contributed by atoms with van der Waals surface area (Å²) in [5, 5.41) is 7.07. The van der Waals surface area contributed by atoms with Gasteiger partial charge in [0, 0.05) is 31.1 Å². The number of fused-ring (bicyclic) bond motifs is 1. The van der Waals surface area contributed by atoms with Crippen molar-refractivity contribution in [2.24, 2.45) is 0 Å². The van der Waals surface area contributed by atoms with Gasteiger partial charge < -0.3 is 4.90 Å². The van der Waals surface area contributed by atoms with Crippen LogP contribution in [0.15, 0.2) is 29.1 Å². The largest absolute Gasteiger partial charge is 0.343 e. The van der Waals surface area contributed by atoms with Crippen molar-refractivity contribution >= 4 is 17.5 Å². The van der Waals surface area contributed by atoms with Crippen LogP contribution >= 0.6 is 11.6 Å². The zero-order valence-electron chi connectivity index (χ0n) is 11.4. The molecule has 1 amide bonds. The number of rotatable bonds is 2.